The highest BCUT2D eigenvalue weighted by Crippen LogP contribution is 2.37. The number of hydrogen-bond donors (Lipinski definition) is 1. The van der Waals surface area contributed by atoms with Crippen molar-refractivity contribution in [1.82, 2.24) is 14.9 Å². The summed E-state index contributed by atoms with van der Waals surface area (Å²) in [7, 11) is 2.22. The van der Waals surface area contributed by atoms with E-state index >= 15 is 0 Å². The second-order valence-electron chi connectivity index (χ2n) is 6.91. The first kappa shape index (κ1) is 13.1. The molecule has 2 aromatic heterocycles. The predicted octanol–water partition coefficient (Wildman–Crippen LogP) is 2.98. The van der Waals surface area contributed by atoms with Gasteiger partial charge in [-0.05, 0) is 36.2 Å². The largest absolute Gasteiger partial charge is 0.365 e. The SMILES string of the molecule is CN1C[C@H]2CN(c3cncc(-c4ccc5cc[nH]c5c4)c3)[C@@H]2C1. The fourth-order valence-electron chi connectivity index (χ4n) is 4.11. The Kier molecular flexibility index (Phi) is 2.76. The van der Waals surface area contributed by atoms with Crippen LogP contribution in [0.15, 0.2) is 48.9 Å². The lowest BCUT2D eigenvalue weighted by molar-refractivity contribution is 0.361. The molecular formula is C19H20N4. The van der Waals surface area contributed by atoms with Crippen LogP contribution in [0, 0.1) is 5.92 Å². The van der Waals surface area contributed by atoms with Crippen LogP contribution >= 0.6 is 0 Å². The topological polar surface area (TPSA) is 35.2 Å². The van der Waals surface area contributed by atoms with E-state index in [1.54, 1.807) is 0 Å². The van der Waals surface area contributed by atoms with Crippen LogP contribution in [0.5, 0.6) is 0 Å². The number of aromatic amines is 1. The van der Waals surface area contributed by atoms with E-state index in [1.165, 1.54) is 40.8 Å². The highest BCUT2D eigenvalue weighted by atomic mass is 15.3. The first-order valence-electron chi connectivity index (χ1n) is 8.26. The summed E-state index contributed by atoms with van der Waals surface area (Å²) < 4.78 is 0. The van der Waals surface area contributed by atoms with Crippen LogP contribution in [0.25, 0.3) is 22.0 Å². The molecule has 4 nitrogen and oxygen atoms in total. The van der Waals surface area contributed by atoms with Crippen LogP contribution in [-0.2, 0) is 0 Å². The highest BCUT2D eigenvalue weighted by molar-refractivity contribution is 5.85. The normalized spacial score (nSPS) is 24.0. The zero-order valence-electron chi connectivity index (χ0n) is 13.2. The van der Waals surface area contributed by atoms with Gasteiger partial charge in [-0.25, -0.2) is 0 Å². The molecule has 4 heterocycles. The van der Waals surface area contributed by atoms with Gasteiger partial charge in [-0.2, -0.15) is 0 Å². The fourth-order valence-corrected chi connectivity index (χ4v) is 4.11. The van der Waals surface area contributed by atoms with Gasteiger partial charge in [0.1, 0.15) is 0 Å². The summed E-state index contributed by atoms with van der Waals surface area (Å²) in [5.41, 5.74) is 4.84. The number of likely N-dealkylation sites (N-methyl/N-ethyl adjacent to an activating group) is 1. The number of fused-ring (bicyclic) bond motifs is 2. The number of hydrogen-bond acceptors (Lipinski definition) is 3. The van der Waals surface area contributed by atoms with Crippen LogP contribution < -0.4 is 4.90 Å². The molecule has 2 atom stereocenters. The minimum absolute atomic E-state index is 0.669. The van der Waals surface area contributed by atoms with Crippen molar-refractivity contribution in [3.05, 3.63) is 48.9 Å². The van der Waals surface area contributed by atoms with Crippen molar-refractivity contribution in [3.8, 4) is 11.1 Å². The minimum Gasteiger partial charge on any atom is -0.365 e. The molecule has 0 radical (unpaired) electrons. The summed E-state index contributed by atoms with van der Waals surface area (Å²) in [5.74, 6) is 0.832. The number of nitrogens with one attached hydrogen (secondary N) is 1. The number of nitrogens with zero attached hydrogens (tertiary/aromatic N) is 3. The number of rotatable bonds is 2. The van der Waals surface area contributed by atoms with Crippen LogP contribution in [0.3, 0.4) is 0 Å². The van der Waals surface area contributed by atoms with Crippen molar-refractivity contribution in [2.45, 2.75) is 6.04 Å². The van der Waals surface area contributed by atoms with Crippen molar-refractivity contribution in [2.75, 3.05) is 31.6 Å². The summed E-state index contributed by atoms with van der Waals surface area (Å²) in [5, 5.41) is 1.25. The van der Waals surface area contributed by atoms with Gasteiger partial charge in [0, 0.05) is 55.1 Å². The zero-order chi connectivity index (χ0) is 15.4. The first-order valence-corrected chi connectivity index (χ1v) is 8.26. The quantitative estimate of drug-likeness (QED) is 0.790. The van der Waals surface area contributed by atoms with Gasteiger partial charge in [-0.3, -0.25) is 4.98 Å². The van der Waals surface area contributed by atoms with Crippen molar-refractivity contribution < 1.29 is 0 Å². The third-order valence-electron chi connectivity index (χ3n) is 5.36. The molecule has 0 aliphatic carbocycles. The monoisotopic (exact) mass is 304 g/mol. The van der Waals surface area contributed by atoms with Crippen LogP contribution in [0.4, 0.5) is 5.69 Å². The summed E-state index contributed by atoms with van der Waals surface area (Å²) in [6.45, 7) is 3.57. The van der Waals surface area contributed by atoms with Crippen molar-refractivity contribution >= 4 is 16.6 Å². The van der Waals surface area contributed by atoms with E-state index < -0.39 is 0 Å². The molecule has 4 heteroatoms. The molecule has 2 aliphatic rings. The Morgan fingerprint density at radius 3 is 2.91 bits per heavy atom. The van der Waals surface area contributed by atoms with Gasteiger partial charge in [-0.15, -0.1) is 0 Å². The van der Waals surface area contributed by atoms with Crippen molar-refractivity contribution in [1.29, 1.82) is 0 Å². The number of aromatic nitrogens is 2. The molecule has 1 N–H and O–H groups in total. The van der Waals surface area contributed by atoms with E-state index in [1.807, 2.05) is 18.6 Å². The molecule has 2 saturated heterocycles. The van der Waals surface area contributed by atoms with E-state index in [0.717, 1.165) is 12.5 Å². The Morgan fingerprint density at radius 2 is 2.00 bits per heavy atom. The lowest BCUT2D eigenvalue weighted by Gasteiger charge is -2.45. The summed E-state index contributed by atoms with van der Waals surface area (Å²) in [6.07, 6.45) is 5.96. The molecule has 0 saturated carbocycles. The second kappa shape index (κ2) is 4.83. The number of H-pyrrole nitrogens is 1. The maximum absolute atomic E-state index is 4.50. The minimum atomic E-state index is 0.669. The standard InChI is InChI=1S/C19H20N4/c1-22-10-16-11-23(19(16)12-22)17-6-15(8-20-9-17)14-3-2-13-4-5-21-18(13)7-14/h2-9,16,19,21H,10-12H2,1H3/t16-,19+/m0/s1. The molecule has 0 spiro atoms. The van der Waals surface area contributed by atoms with Crippen molar-refractivity contribution in [3.63, 3.8) is 0 Å². The number of pyridine rings is 1. The molecule has 3 aromatic rings. The first-order chi connectivity index (χ1) is 11.3. The molecular weight excluding hydrogens is 284 g/mol. The molecule has 1 aromatic carbocycles. The Morgan fingerprint density at radius 1 is 1.04 bits per heavy atom. The molecule has 116 valence electrons. The third kappa shape index (κ3) is 2.05. The molecule has 5 rings (SSSR count). The average molecular weight is 304 g/mol. The van der Waals surface area contributed by atoms with Gasteiger partial charge in [0.15, 0.2) is 0 Å². The van der Waals surface area contributed by atoms with Gasteiger partial charge in [0.2, 0.25) is 0 Å². The molecule has 2 aliphatic heterocycles. The van der Waals surface area contributed by atoms with E-state index in [0.29, 0.717) is 6.04 Å². The molecule has 2 fully saturated rings. The number of likely N-dealkylation sites (tertiary alicyclic amines) is 1. The smallest absolute Gasteiger partial charge is 0.0562 e. The predicted molar refractivity (Wildman–Crippen MR) is 93.7 cm³/mol. The summed E-state index contributed by atoms with van der Waals surface area (Å²) in [4.78, 5) is 12.7. The average Bonchev–Trinajstić information content (AvgIpc) is 3.14. The van der Waals surface area contributed by atoms with E-state index in [4.69, 9.17) is 0 Å². The van der Waals surface area contributed by atoms with Gasteiger partial charge in [0.25, 0.3) is 0 Å². The lowest BCUT2D eigenvalue weighted by atomic mass is 9.91. The van der Waals surface area contributed by atoms with E-state index in [9.17, 15) is 0 Å². The van der Waals surface area contributed by atoms with Crippen LogP contribution in [0.1, 0.15) is 0 Å². The van der Waals surface area contributed by atoms with E-state index in [2.05, 4.69) is 57.1 Å². The molecule has 0 amide bonds. The molecule has 0 bridgehead atoms. The highest BCUT2D eigenvalue weighted by Gasteiger charge is 2.44. The Balaban J connectivity index is 1.48. The maximum Gasteiger partial charge on any atom is 0.0562 e. The van der Waals surface area contributed by atoms with Gasteiger partial charge < -0.3 is 14.8 Å². The number of benzene rings is 1. The summed E-state index contributed by atoms with van der Waals surface area (Å²) >= 11 is 0. The van der Waals surface area contributed by atoms with E-state index in [-0.39, 0.29) is 0 Å². The van der Waals surface area contributed by atoms with Crippen molar-refractivity contribution in [2.24, 2.45) is 5.92 Å². The second-order valence-corrected chi connectivity index (χ2v) is 6.91. The Bertz CT molecular complexity index is 868. The number of anilines is 1. The Hall–Kier alpha value is -2.33. The fraction of sp³-hybridized carbons (Fsp3) is 0.316. The lowest BCUT2D eigenvalue weighted by Crippen LogP contribution is -2.55. The molecule has 23 heavy (non-hydrogen) atoms. The maximum atomic E-state index is 4.50. The Labute approximate surface area is 135 Å². The van der Waals surface area contributed by atoms with Gasteiger partial charge >= 0.3 is 0 Å². The zero-order valence-corrected chi connectivity index (χ0v) is 13.2. The third-order valence-corrected chi connectivity index (χ3v) is 5.36. The van der Waals surface area contributed by atoms with Gasteiger partial charge in [0.05, 0.1) is 11.9 Å². The van der Waals surface area contributed by atoms with Crippen LogP contribution in [0.2, 0.25) is 0 Å². The van der Waals surface area contributed by atoms with Crippen LogP contribution in [-0.4, -0.2) is 47.6 Å². The summed E-state index contributed by atoms with van der Waals surface area (Å²) in [6, 6.07) is 11.6. The van der Waals surface area contributed by atoms with Gasteiger partial charge in [-0.1, -0.05) is 12.1 Å². The molecule has 0 unspecified atom stereocenters.